The molecule has 1 aromatic carbocycles. The number of carbonyl (C=O) groups excluding carboxylic acids is 3. The van der Waals surface area contributed by atoms with Gasteiger partial charge in [-0.25, -0.2) is 4.79 Å². The van der Waals surface area contributed by atoms with Gasteiger partial charge in [0.25, 0.3) is 0 Å². The lowest BCUT2D eigenvalue weighted by Crippen LogP contribution is -2.49. The molecule has 0 aromatic heterocycles. The fourth-order valence-electron chi connectivity index (χ4n) is 5.55. The molecule has 0 bridgehead atoms. The van der Waals surface area contributed by atoms with Gasteiger partial charge in [0.05, 0.1) is 6.04 Å². The Kier molecular flexibility index (Phi) is 5.77. The summed E-state index contributed by atoms with van der Waals surface area (Å²) in [6.45, 7) is 5.86. The number of allylic oxidation sites excluding steroid dienone is 5. The Morgan fingerprint density at radius 2 is 1.81 bits per heavy atom. The Morgan fingerprint density at radius 1 is 1.16 bits per heavy atom. The predicted molar refractivity (Wildman–Crippen MR) is 119 cm³/mol. The molecule has 3 aliphatic carbocycles. The lowest BCUT2D eigenvalue weighted by molar-refractivity contribution is -0.163. The van der Waals surface area contributed by atoms with E-state index in [4.69, 9.17) is 10.5 Å². The number of aliphatic hydroxyl groups excluding tert-OH is 1. The van der Waals surface area contributed by atoms with E-state index in [1.165, 1.54) is 12.2 Å². The third-order valence-corrected chi connectivity index (χ3v) is 7.30. The maximum Gasteiger partial charge on any atom is 0.337 e. The number of rotatable bonds is 4. The summed E-state index contributed by atoms with van der Waals surface area (Å²) < 4.78 is 5.84. The van der Waals surface area contributed by atoms with Crippen LogP contribution in [0.4, 0.5) is 0 Å². The van der Waals surface area contributed by atoms with Gasteiger partial charge in [0.15, 0.2) is 17.7 Å². The van der Waals surface area contributed by atoms with Crippen LogP contribution < -0.4 is 5.73 Å². The molecule has 3 N–H and O–H groups in total. The standard InChI is InChI=1S/C26H29NO5/c1-14-9-10-18-16(13-17-19(28)11-12-20(29)21(17)26(18,2)3)24(14)32-25(31)23(30)22(27)15-7-5-4-6-8-15/h4-9,11-12,16,18,22-24,30H,10,13,27H2,1-3H3/t16?,18-,22+,23-,24?/m1/s1. The quantitative estimate of drug-likeness (QED) is 0.428. The minimum Gasteiger partial charge on any atom is -0.456 e. The van der Waals surface area contributed by atoms with Crippen molar-refractivity contribution in [1.29, 1.82) is 0 Å². The van der Waals surface area contributed by atoms with Gasteiger partial charge in [-0.15, -0.1) is 0 Å². The maximum absolute atomic E-state index is 12.9. The first-order valence-electron chi connectivity index (χ1n) is 11.0. The van der Waals surface area contributed by atoms with E-state index in [1.807, 2.05) is 32.9 Å². The summed E-state index contributed by atoms with van der Waals surface area (Å²) in [5.41, 5.74) is 8.18. The number of carbonyl (C=O) groups is 3. The van der Waals surface area contributed by atoms with Crippen molar-refractivity contribution in [3.63, 3.8) is 0 Å². The van der Waals surface area contributed by atoms with E-state index in [2.05, 4.69) is 0 Å². The number of benzene rings is 1. The highest BCUT2D eigenvalue weighted by Crippen LogP contribution is 2.54. The summed E-state index contributed by atoms with van der Waals surface area (Å²) in [6, 6.07) is 8.00. The van der Waals surface area contributed by atoms with Gasteiger partial charge in [0, 0.05) is 17.1 Å². The van der Waals surface area contributed by atoms with Gasteiger partial charge in [0.1, 0.15) is 6.10 Å². The number of hydrogen-bond acceptors (Lipinski definition) is 6. The van der Waals surface area contributed by atoms with Crippen LogP contribution in [0.3, 0.4) is 0 Å². The summed E-state index contributed by atoms with van der Waals surface area (Å²) >= 11 is 0. The largest absolute Gasteiger partial charge is 0.456 e. The van der Waals surface area contributed by atoms with Gasteiger partial charge >= 0.3 is 5.97 Å². The van der Waals surface area contributed by atoms with Crippen molar-refractivity contribution in [2.75, 3.05) is 0 Å². The Balaban J connectivity index is 1.60. The van der Waals surface area contributed by atoms with E-state index in [1.54, 1.807) is 24.3 Å². The molecule has 3 aliphatic rings. The second-order valence-electron chi connectivity index (χ2n) is 9.53. The van der Waals surface area contributed by atoms with Crippen LogP contribution in [0.5, 0.6) is 0 Å². The van der Waals surface area contributed by atoms with Gasteiger partial charge in [-0.2, -0.15) is 0 Å². The van der Waals surface area contributed by atoms with Crippen molar-refractivity contribution >= 4 is 17.5 Å². The molecular weight excluding hydrogens is 406 g/mol. The van der Waals surface area contributed by atoms with Crippen molar-refractivity contribution in [2.45, 2.75) is 51.9 Å². The zero-order valence-electron chi connectivity index (χ0n) is 18.6. The normalized spacial score (nSPS) is 28.4. The highest BCUT2D eigenvalue weighted by atomic mass is 16.6. The van der Waals surface area contributed by atoms with Gasteiger partial charge < -0.3 is 15.6 Å². The highest BCUT2D eigenvalue weighted by Gasteiger charge is 2.52. The lowest BCUT2D eigenvalue weighted by Gasteiger charge is -2.50. The Morgan fingerprint density at radius 3 is 2.50 bits per heavy atom. The van der Waals surface area contributed by atoms with Crippen LogP contribution in [0.1, 0.15) is 45.2 Å². The molecular formula is C26H29NO5. The summed E-state index contributed by atoms with van der Waals surface area (Å²) in [7, 11) is 0. The Bertz CT molecular complexity index is 1050. The van der Waals surface area contributed by atoms with Crippen LogP contribution in [0.25, 0.3) is 0 Å². The number of ketones is 2. The summed E-state index contributed by atoms with van der Waals surface area (Å²) in [5, 5.41) is 10.6. The molecule has 0 amide bonds. The van der Waals surface area contributed by atoms with E-state index in [-0.39, 0.29) is 23.4 Å². The molecule has 5 atom stereocenters. The van der Waals surface area contributed by atoms with E-state index in [0.717, 1.165) is 12.0 Å². The van der Waals surface area contributed by atoms with Crippen molar-refractivity contribution in [3.8, 4) is 0 Å². The topological polar surface area (TPSA) is 107 Å². The molecule has 0 heterocycles. The zero-order valence-corrected chi connectivity index (χ0v) is 18.6. The van der Waals surface area contributed by atoms with Crippen LogP contribution in [0, 0.1) is 17.3 Å². The molecule has 0 saturated carbocycles. The first-order valence-corrected chi connectivity index (χ1v) is 11.0. The zero-order chi connectivity index (χ0) is 23.2. The average Bonchev–Trinajstić information content (AvgIpc) is 2.77. The van der Waals surface area contributed by atoms with Crippen molar-refractivity contribution in [1.82, 2.24) is 0 Å². The first kappa shape index (κ1) is 22.4. The second kappa shape index (κ2) is 8.26. The summed E-state index contributed by atoms with van der Waals surface area (Å²) in [6.07, 6.45) is 3.69. The smallest absolute Gasteiger partial charge is 0.337 e. The third kappa shape index (κ3) is 3.67. The Labute approximate surface area is 187 Å². The molecule has 2 unspecified atom stereocenters. The van der Waals surface area contributed by atoms with Gasteiger partial charge in [0.2, 0.25) is 0 Å². The van der Waals surface area contributed by atoms with Gasteiger partial charge in [-0.05, 0) is 54.4 Å². The fraction of sp³-hybridized carbons (Fsp3) is 0.423. The molecule has 6 nitrogen and oxygen atoms in total. The monoisotopic (exact) mass is 435 g/mol. The maximum atomic E-state index is 12.9. The minimum atomic E-state index is -1.52. The first-order chi connectivity index (χ1) is 15.1. The van der Waals surface area contributed by atoms with E-state index < -0.39 is 29.6 Å². The molecule has 0 aliphatic heterocycles. The molecule has 0 radical (unpaired) electrons. The fourth-order valence-corrected chi connectivity index (χ4v) is 5.55. The SMILES string of the molecule is CC1=CC[C@@H]2C(CC3=C(C(=O)C=CC3=O)C2(C)C)C1OC(=O)[C@H](O)[C@@H](N)c1ccccc1. The molecule has 6 heteroatoms. The predicted octanol–water partition coefficient (Wildman–Crippen LogP) is 2.98. The number of fused-ring (bicyclic) bond motifs is 1. The molecule has 0 saturated heterocycles. The van der Waals surface area contributed by atoms with Gasteiger partial charge in [-0.1, -0.05) is 50.3 Å². The third-order valence-electron chi connectivity index (χ3n) is 7.30. The molecule has 0 spiro atoms. The number of ether oxygens (including phenoxy) is 1. The number of aliphatic hydroxyl groups is 1. The molecule has 168 valence electrons. The molecule has 32 heavy (non-hydrogen) atoms. The number of esters is 1. The van der Waals surface area contributed by atoms with Crippen LogP contribution in [0.15, 0.2) is 65.3 Å². The lowest BCUT2D eigenvalue weighted by atomic mass is 9.54. The summed E-state index contributed by atoms with van der Waals surface area (Å²) in [5.74, 6) is -1.21. The van der Waals surface area contributed by atoms with Crippen LogP contribution in [-0.4, -0.2) is 34.9 Å². The van der Waals surface area contributed by atoms with Crippen LogP contribution >= 0.6 is 0 Å². The van der Waals surface area contributed by atoms with Crippen molar-refractivity contribution in [2.24, 2.45) is 23.0 Å². The summed E-state index contributed by atoms with van der Waals surface area (Å²) in [4.78, 5) is 38.2. The Hall–Kier alpha value is -2.83. The van der Waals surface area contributed by atoms with Crippen LogP contribution in [0.2, 0.25) is 0 Å². The number of hydrogen-bond donors (Lipinski definition) is 2. The minimum absolute atomic E-state index is 0.0194. The van der Waals surface area contributed by atoms with E-state index in [0.29, 0.717) is 23.1 Å². The average molecular weight is 436 g/mol. The molecule has 0 fully saturated rings. The van der Waals surface area contributed by atoms with E-state index >= 15 is 0 Å². The van der Waals surface area contributed by atoms with E-state index in [9.17, 15) is 19.5 Å². The van der Waals surface area contributed by atoms with Crippen LogP contribution in [-0.2, 0) is 19.1 Å². The van der Waals surface area contributed by atoms with Crippen molar-refractivity contribution < 1.29 is 24.2 Å². The molecule has 4 rings (SSSR count). The second-order valence-corrected chi connectivity index (χ2v) is 9.53. The van der Waals surface area contributed by atoms with Crippen molar-refractivity contribution in [3.05, 3.63) is 70.8 Å². The number of nitrogens with two attached hydrogens (primary N) is 1. The highest BCUT2D eigenvalue weighted by molar-refractivity contribution is 6.20. The molecule has 1 aromatic rings. The van der Waals surface area contributed by atoms with Gasteiger partial charge in [-0.3, -0.25) is 9.59 Å².